The number of rotatable bonds is 5. The Bertz CT molecular complexity index is 798. The molecule has 3 rings (SSSR count). The Morgan fingerprint density at radius 3 is 2.69 bits per heavy atom. The summed E-state index contributed by atoms with van der Waals surface area (Å²) < 4.78 is 5.28. The highest BCUT2D eigenvalue weighted by Gasteiger charge is 2.32. The fraction of sp³-hybridized carbons (Fsp3) is 0.294. The van der Waals surface area contributed by atoms with Crippen LogP contribution in [0.2, 0.25) is 0 Å². The third-order valence-electron chi connectivity index (χ3n) is 4.13. The van der Waals surface area contributed by atoms with Crippen LogP contribution in [-0.2, 0) is 9.53 Å². The van der Waals surface area contributed by atoms with E-state index in [1.165, 1.54) is 18.2 Å². The Morgan fingerprint density at radius 2 is 2.04 bits per heavy atom. The first-order valence-corrected chi connectivity index (χ1v) is 8.08. The molecule has 0 bridgehead atoms. The molecule has 0 radical (unpaired) electrons. The number of urea groups is 1. The molecule has 2 aliphatic rings. The minimum Gasteiger partial charge on any atom is -0.378 e. The molecule has 0 aromatic heterocycles. The number of nitrogens with one attached hydrogen (secondary N) is 1. The molecule has 1 aromatic rings. The number of benzene rings is 1. The number of nitro benzene ring substituents is 1. The predicted octanol–water partition coefficient (Wildman–Crippen LogP) is 1.51. The van der Waals surface area contributed by atoms with Gasteiger partial charge in [-0.15, -0.1) is 6.58 Å². The highest BCUT2D eigenvalue weighted by atomic mass is 16.6. The van der Waals surface area contributed by atoms with E-state index in [1.807, 2.05) is 4.90 Å². The lowest BCUT2D eigenvalue weighted by atomic mass is 10.1. The first-order chi connectivity index (χ1) is 12.5. The smallest absolute Gasteiger partial charge is 0.329 e. The van der Waals surface area contributed by atoms with Gasteiger partial charge in [0.15, 0.2) is 0 Å². The summed E-state index contributed by atoms with van der Waals surface area (Å²) in [6.45, 7) is 5.79. The Balaban J connectivity index is 1.90. The molecule has 136 valence electrons. The van der Waals surface area contributed by atoms with Crippen molar-refractivity contribution in [1.29, 1.82) is 0 Å². The van der Waals surface area contributed by atoms with Crippen LogP contribution < -0.4 is 10.2 Å². The van der Waals surface area contributed by atoms with Gasteiger partial charge >= 0.3 is 6.03 Å². The van der Waals surface area contributed by atoms with Gasteiger partial charge in [-0.05, 0) is 17.7 Å². The lowest BCUT2D eigenvalue weighted by molar-refractivity contribution is -0.384. The second kappa shape index (κ2) is 7.36. The molecular formula is C17H18N4O5. The van der Waals surface area contributed by atoms with Crippen molar-refractivity contribution in [1.82, 2.24) is 10.2 Å². The highest BCUT2D eigenvalue weighted by Crippen LogP contribution is 2.30. The number of nitrogens with zero attached hydrogens (tertiary/aromatic N) is 3. The molecule has 0 saturated carbocycles. The number of amides is 3. The molecule has 26 heavy (non-hydrogen) atoms. The van der Waals surface area contributed by atoms with Gasteiger partial charge in [0.2, 0.25) is 0 Å². The van der Waals surface area contributed by atoms with Crippen molar-refractivity contribution in [3.63, 3.8) is 0 Å². The normalized spacial score (nSPS) is 19.0. The first kappa shape index (κ1) is 17.6. The van der Waals surface area contributed by atoms with Gasteiger partial charge in [0.05, 0.1) is 18.1 Å². The van der Waals surface area contributed by atoms with E-state index in [1.54, 1.807) is 12.1 Å². The lowest BCUT2D eigenvalue weighted by Crippen LogP contribution is -2.36. The number of hydrogen-bond donors (Lipinski definition) is 1. The van der Waals surface area contributed by atoms with Crippen molar-refractivity contribution in [3.8, 4) is 0 Å². The first-order valence-electron chi connectivity index (χ1n) is 8.08. The van der Waals surface area contributed by atoms with E-state index >= 15 is 0 Å². The Kier molecular flexibility index (Phi) is 4.99. The lowest BCUT2D eigenvalue weighted by Gasteiger charge is -2.28. The highest BCUT2D eigenvalue weighted by molar-refractivity contribution is 6.14. The SMILES string of the molecule is C=CCN1C(=O)N/C(=C/c2ccc(N3CCOCC3)c([N+](=O)[O-])c2)C1=O. The van der Waals surface area contributed by atoms with Crippen molar-refractivity contribution in [2.75, 3.05) is 37.7 Å². The molecule has 9 nitrogen and oxygen atoms in total. The molecular weight excluding hydrogens is 340 g/mol. The van der Waals surface area contributed by atoms with Gasteiger partial charge in [0, 0.05) is 25.7 Å². The van der Waals surface area contributed by atoms with Crippen LogP contribution in [0, 0.1) is 10.1 Å². The van der Waals surface area contributed by atoms with Gasteiger partial charge < -0.3 is 15.0 Å². The molecule has 2 aliphatic heterocycles. The van der Waals surface area contributed by atoms with E-state index < -0.39 is 16.9 Å². The third-order valence-corrected chi connectivity index (χ3v) is 4.13. The maximum Gasteiger partial charge on any atom is 0.329 e. The monoisotopic (exact) mass is 358 g/mol. The Labute approximate surface area is 149 Å². The van der Waals surface area contributed by atoms with Crippen LogP contribution >= 0.6 is 0 Å². The van der Waals surface area contributed by atoms with E-state index in [4.69, 9.17) is 4.74 Å². The summed E-state index contributed by atoms with van der Waals surface area (Å²) in [4.78, 5) is 37.9. The van der Waals surface area contributed by atoms with E-state index in [0.29, 0.717) is 37.6 Å². The summed E-state index contributed by atoms with van der Waals surface area (Å²) in [6.07, 6.45) is 2.88. The van der Waals surface area contributed by atoms with Gasteiger partial charge in [-0.1, -0.05) is 12.1 Å². The van der Waals surface area contributed by atoms with Crippen LogP contribution in [0.15, 0.2) is 36.6 Å². The van der Waals surface area contributed by atoms with E-state index in [0.717, 1.165) is 4.90 Å². The van der Waals surface area contributed by atoms with Crippen molar-refractivity contribution >= 4 is 29.4 Å². The second-order valence-corrected chi connectivity index (χ2v) is 5.80. The van der Waals surface area contributed by atoms with Crippen molar-refractivity contribution in [3.05, 3.63) is 52.2 Å². The third kappa shape index (κ3) is 3.42. The number of imide groups is 1. The van der Waals surface area contributed by atoms with Crippen LogP contribution in [-0.4, -0.2) is 54.6 Å². The number of carbonyl (C=O) groups is 2. The molecule has 0 aliphatic carbocycles. The quantitative estimate of drug-likeness (QED) is 0.281. The standard InChI is InChI=1S/C17H18N4O5/c1-2-5-20-16(22)13(18-17(20)23)10-12-3-4-14(15(11-12)21(24)25)19-6-8-26-9-7-19/h2-4,10-11H,1,5-9H2,(H,18,23)/b13-10+. The van der Waals surface area contributed by atoms with E-state index in [-0.39, 0.29) is 17.9 Å². The fourth-order valence-corrected chi connectivity index (χ4v) is 2.88. The zero-order valence-corrected chi connectivity index (χ0v) is 14.0. The molecule has 0 atom stereocenters. The number of ether oxygens (including phenoxy) is 1. The molecule has 0 spiro atoms. The average molecular weight is 358 g/mol. The molecule has 1 N–H and O–H groups in total. The largest absolute Gasteiger partial charge is 0.378 e. The average Bonchev–Trinajstić information content (AvgIpc) is 2.90. The van der Waals surface area contributed by atoms with Crippen molar-refractivity contribution < 1.29 is 19.2 Å². The van der Waals surface area contributed by atoms with E-state index in [2.05, 4.69) is 11.9 Å². The summed E-state index contributed by atoms with van der Waals surface area (Å²) in [6, 6.07) is 4.19. The maximum atomic E-state index is 12.2. The Hall–Kier alpha value is -3.20. The summed E-state index contributed by atoms with van der Waals surface area (Å²) in [5.74, 6) is -0.491. The predicted molar refractivity (Wildman–Crippen MR) is 94.5 cm³/mol. The van der Waals surface area contributed by atoms with Gasteiger partial charge in [0.25, 0.3) is 11.6 Å². The Morgan fingerprint density at radius 1 is 1.31 bits per heavy atom. The van der Waals surface area contributed by atoms with Crippen LogP contribution in [0.25, 0.3) is 6.08 Å². The number of morpholine rings is 1. The van der Waals surface area contributed by atoms with Gasteiger partial charge in [-0.2, -0.15) is 0 Å². The molecule has 3 amide bonds. The van der Waals surface area contributed by atoms with Crippen LogP contribution in [0.4, 0.5) is 16.2 Å². The number of hydrogen-bond acceptors (Lipinski definition) is 6. The minimum atomic E-state index is -0.541. The zero-order chi connectivity index (χ0) is 18.7. The number of anilines is 1. The summed E-state index contributed by atoms with van der Waals surface area (Å²) in [7, 11) is 0. The van der Waals surface area contributed by atoms with Gasteiger partial charge in [-0.25, -0.2) is 4.79 Å². The molecule has 2 heterocycles. The molecule has 9 heteroatoms. The molecule has 1 aromatic carbocycles. The van der Waals surface area contributed by atoms with Crippen LogP contribution in [0.3, 0.4) is 0 Å². The minimum absolute atomic E-state index is 0.0547. The molecule has 2 fully saturated rings. The van der Waals surface area contributed by atoms with E-state index in [9.17, 15) is 19.7 Å². The summed E-state index contributed by atoms with van der Waals surface area (Å²) >= 11 is 0. The zero-order valence-electron chi connectivity index (χ0n) is 14.0. The van der Waals surface area contributed by atoms with Crippen molar-refractivity contribution in [2.45, 2.75) is 0 Å². The van der Waals surface area contributed by atoms with Gasteiger partial charge in [-0.3, -0.25) is 19.8 Å². The summed E-state index contributed by atoms with van der Waals surface area (Å²) in [5.41, 5.74) is 0.986. The summed E-state index contributed by atoms with van der Waals surface area (Å²) in [5, 5.41) is 13.9. The molecule has 0 unspecified atom stereocenters. The second-order valence-electron chi connectivity index (χ2n) is 5.80. The fourth-order valence-electron chi connectivity index (χ4n) is 2.88. The van der Waals surface area contributed by atoms with Crippen LogP contribution in [0.1, 0.15) is 5.56 Å². The number of nitro groups is 1. The van der Waals surface area contributed by atoms with Crippen LogP contribution in [0.5, 0.6) is 0 Å². The van der Waals surface area contributed by atoms with Crippen molar-refractivity contribution in [2.24, 2.45) is 0 Å². The number of carbonyl (C=O) groups excluding carboxylic acids is 2. The maximum absolute atomic E-state index is 12.2. The topological polar surface area (TPSA) is 105 Å². The van der Waals surface area contributed by atoms with Gasteiger partial charge in [0.1, 0.15) is 11.4 Å². The molecule has 2 saturated heterocycles.